The van der Waals surface area contributed by atoms with E-state index in [1.165, 1.54) is 5.56 Å². The van der Waals surface area contributed by atoms with Gasteiger partial charge in [0.2, 0.25) is 0 Å². The summed E-state index contributed by atoms with van der Waals surface area (Å²) < 4.78 is 0. The SMILES string of the molecule is CCc1ccc(-c2cc[nH]c2[N+](=O)[O-])c(CC)c1. The lowest BCUT2D eigenvalue weighted by molar-refractivity contribution is -0.388. The second-order valence-electron chi connectivity index (χ2n) is 4.20. The van der Waals surface area contributed by atoms with Crippen molar-refractivity contribution in [3.63, 3.8) is 0 Å². The van der Waals surface area contributed by atoms with E-state index in [9.17, 15) is 10.1 Å². The molecule has 4 heteroatoms. The first kappa shape index (κ1) is 12.4. The van der Waals surface area contributed by atoms with Crippen LogP contribution in [0.4, 0.5) is 5.82 Å². The minimum absolute atomic E-state index is 0.0638. The Balaban J connectivity index is 2.56. The van der Waals surface area contributed by atoms with Gasteiger partial charge in [0.05, 0.1) is 11.8 Å². The topological polar surface area (TPSA) is 58.9 Å². The van der Waals surface area contributed by atoms with Crippen LogP contribution < -0.4 is 0 Å². The van der Waals surface area contributed by atoms with Crippen LogP contribution in [0.1, 0.15) is 25.0 Å². The molecular formula is C14H16N2O2. The zero-order valence-corrected chi connectivity index (χ0v) is 10.6. The third kappa shape index (κ3) is 2.14. The number of benzene rings is 1. The second-order valence-corrected chi connectivity index (χ2v) is 4.20. The number of aromatic nitrogens is 1. The smallest absolute Gasteiger partial charge is 0.328 e. The number of nitro groups is 1. The van der Waals surface area contributed by atoms with E-state index in [1.54, 1.807) is 12.3 Å². The van der Waals surface area contributed by atoms with Gasteiger partial charge in [0, 0.05) is 0 Å². The summed E-state index contributed by atoms with van der Waals surface area (Å²) in [7, 11) is 0. The average Bonchev–Trinajstić information content (AvgIpc) is 2.87. The molecule has 0 unspecified atom stereocenters. The van der Waals surface area contributed by atoms with Crippen molar-refractivity contribution in [1.29, 1.82) is 0 Å². The summed E-state index contributed by atoms with van der Waals surface area (Å²) in [4.78, 5) is 13.3. The van der Waals surface area contributed by atoms with Crippen LogP contribution in [-0.2, 0) is 12.8 Å². The molecule has 0 amide bonds. The Bertz CT molecular complexity index is 573. The summed E-state index contributed by atoms with van der Waals surface area (Å²) in [6.07, 6.45) is 3.45. The molecule has 1 N–H and O–H groups in total. The molecule has 4 nitrogen and oxygen atoms in total. The zero-order chi connectivity index (χ0) is 13.1. The Hall–Kier alpha value is -2.10. The summed E-state index contributed by atoms with van der Waals surface area (Å²) in [6.45, 7) is 4.17. The van der Waals surface area contributed by atoms with Crippen LogP contribution >= 0.6 is 0 Å². The highest BCUT2D eigenvalue weighted by Crippen LogP contribution is 2.32. The standard InChI is InChI=1S/C14H16N2O2/c1-3-10-5-6-12(11(4-2)9-10)13-7-8-15-14(13)16(17)18/h5-9,15H,3-4H2,1-2H3. The Kier molecular flexibility index (Phi) is 3.46. The van der Waals surface area contributed by atoms with E-state index >= 15 is 0 Å². The lowest BCUT2D eigenvalue weighted by Gasteiger charge is -2.08. The molecule has 0 bridgehead atoms. The van der Waals surface area contributed by atoms with Gasteiger partial charge in [-0.1, -0.05) is 32.0 Å². The monoisotopic (exact) mass is 244 g/mol. The average molecular weight is 244 g/mol. The Morgan fingerprint density at radius 3 is 2.56 bits per heavy atom. The summed E-state index contributed by atoms with van der Waals surface area (Å²) in [6, 6.07) is 7.91. The summed E-state index contributed by atoms with van der Waals surface area (Å²) in [5, 5.41) is 11.0. The molecule has 0 saturated carbocycles. The van der Waals surface area contributed by atoms with Gasteiger partial charge in [-0.15, -0.1) is 0 Å². The van der Waals surface area contributed by atoms with Crippen LogP contribution in [0.3, 0.4) is 0 Å². The van der Waals surface area contributed by atoms with Gasteiger partial charge in [-0.25, -0.2) is 4.98 Å². The predicted octanol–water partition coefficient (Wildman–Crippen LogP) is 3.71. The van der Waals surface area contributed by atoms with E-state index in [0.29, 0.717) is 5.56 Å². The lowest BCUT2D eigenvalue weighted by atomic mass is 9.96. The first-order chi connectivity index (χ1) is 8.67. The Labute approximate surface area is 106 Å². The van der Waals surface area contributed by atoms with Crippen LogP contribution in [0.2, 0.25) is 0 Å². The van der Waals surface area contributed by atoms with Crippen molar-refractivity contribution in [2.45, 2.75) is 26.7 Å². The predicted molar refractivity (Wildman–Crippen MR) is 71.6 cm³/mol. The maximum absolute atomic E-state index is 11.0. The molecule has 0 aliphatic heterocycles. The fourth-order valence-corrected chi connectivity index (χ4v) is 2.15. The number of H-pyrrole nitrogens is 1. The Morgan fingerprint density at radius 1 is 1.17 bits per heavy atom. The van der Waals surface area contributed by atoms with Crippen LogP contribution in [0.25, 0.3) is 11.1 Å². The van der Waals surface area contributed by atoms with Crippen LogP contribution in [-0.4, -0.2) is 9.91 Å². The van der Waals surface area contributed by atoms with Crippen LogP contribution in [0, 0.1) is 10.1 Å². The van der Waals surface area contributed by atoms with E-state index in [0.717, 1.165) is 24.0 Å². The van der Waals surface area contributed by atoms with E-state index in [2.05, 4.69) is 24.9 Å². The first-order valence-corrected chi connectivity index (χ1v) is 6.11. The molecule has 18 heavy (non-hydrogen) atoms. The normalized spacial score (nSPS) is 10.6. The van der Waals surface area contributed by atoms with Crippen molar-refractivity contribution in [1.82, 2.24) is 4.98 Å². The Morgan fingerprint density at radius 2 is 1.94 bits per heavy atom. The maximum Gasteiger partial charge on any atom is 0.328 e. The minimum Gasteiger partial charge on any atom is -0.358 e. The van der Waals surface area contributed by atoms with Gasteiger partial charge < -0.3 is 10.1 Å². The molecule has 2 aromatic rings. The van der Waals surface area contributed by atoms with Gasteiger partial charge in [0.1, 0.15) is 0 Å². The molecule has 0 radical (unpaired) electrons. The largest absolute Gasteiger partial charge is 0.358 e. The number of rotatable bonds is 4. The molecule has 0 spiro atoms. The minimum atomic E-state index is -0.373. The summed E-state index contributed by atoms with van der Waals surface area (Å²) in [5.41, 5.74) is 4.02. The maximum atomic E-state index is 11.0. The van der Waals surface area contributed by atoms with Gasteiger partial charge in [0.25, 0.3) is 0 Å². The van der Waals surface area contributed by atoms with Crippen molar-refractivity contribution in [2.24, 2.45) is 0 Å². The fraction of sp³-hybridized carbons (Fsp3) is 0.286. The number of hydrogen-bond donors (Lipinski definition) is 1. The second kappa shape index (κ2) is 5.04. The van der Waals surface area contributed by atoms with Crippen LogP contribution in [0.15, 0.2) is 30.5 Å². The third-order valence-electron chi connectivity index (χ3n) is 3.16. The summed E-state index contributed by atoms with van der Waals surface area (Å²) >= 11 is 0. The zero-order valence-electron chi connectivity index (χ0n) is 10.6. The van der Waals surface area contributed by atoms with E-state index in [4.69, 9.17) is 0 Å². The van der Waals surface area contributed by atoms with Crippen LogP contribution in [0.5, 0.6) is 0 Å². The third-order valence-corrected chi connectivity index (χ3v) is 3.16. The highest BCUT2D eigenvalue weighted by molar-refractivity contribution is 5.74. The molecule has 1 aromatic carbocycles. The van der Waals surface area contributed by atoms with Crippen molar-refractivity contribution in [3.8, 4) is 11.1 Å². The molecule has 0 atom stereocenters. The summed E-state index contributed by atoms with van der Waals surface area (Å²) in [5.74, 6) is 0.0638. The van der Waals surface area contributed by atoms with Gasteiger partial charge >= 0.3 is 5.82 Å². The molecule has 0 aliphatic rings. The van der Waals surface area contributed by atoms with Crippen molar-refractivity contribution < 1.29 is 4.92 Å². The molecular weight excluding hydrogens is 228 g/mol. The van der Waals surface area contributed by atoms with Gasteiger partial charge in [-0.05, 0) is 40.5 Å². The van der Waals surface area contributed by atoms with E-state index in [1.807, 2.05) is 12.1 Å². The van der Waals surface area contributed by atoms with Crippen molar-refractivity contribution in [3.05, 3.63) is 51.7 Å². The number of hydrogen-bond acceptors (Lipinski definition) is 2. The molecule has 1 aromatic heterocycles. The molecule has 0 saturated heterocycles. The molecule has 94 valence electrons. The lowest BCUT2D eigenvalue weighted by Crippen LogP contribution is -1.94. The van der Waals surface area contributed by atoms with Crippen molar-refractivity contribution in [2.75, 3.05) is 0 Å². The van der Waals surface area contributed by atoms with Gasteiger partial charge in [-0.2, -0.15) is 0 Å². The first-order valence-electron chi connectivity index (χ1n) is 6.11. The fourth-order valence-electron chi connectivity index (χ4n) is 2.15. The van der Waals surface area contributed by atoms with E-state index < -0.39 is 0 Å². The number of aryl methyl sites for hydroxylation is 2. The molecule has 0 aliphatic carbocycles. The van der Waals surface area contributed by atoms with Gasteiger partial charge in [-0.3, -0.25) is 0 Å². The van der Waals surface area contributed by atoms with E-state index in [-0.39, 0.29) is 10.7 Å². The quantitative estimate of drug-likeness (QED) is 0.658. The molecule has 0 fully saturated rings. The highest BCUT2D eigenvalue weighted by Gasteiger charge is 2.17. The van der Waals surface area contributed by atoms with Gasteiger partial charge in [0.15, 0.2) is 0 Å². The molecule has 2 rings (SSSR count). The number of aromatic amines is 1. The number of nitrogens with one attached hydrogen (secondary N) is 1. The molecule has 1 heterocycles. The van der Waals surface area contributed by atoms with Crippen molar-refractivity contribution >= 4 is 5.82 Å². The number of nitrogens with zero attached hydrogens (tertiary/aromatic N) is 1. The highest BCUT2D eigenvalue weighted by atomic mass is 16.6.